The van der Waals surface area contributed by atoms with Crippen LogP contribution in [0.3, 0.4) is 0 Å². The molecular weight excluding hydrogens is 424 g/mol. The van der Waals surface area contributed by atoms with E-state index in [1.807, 2.05) is 0 Å². The van der Waals surface area contributed by atoms with Gasteiger partial charge in [0.1, 0.15) is 11.6 Å². The van der Waals surface area contributed by atoms with E-state index in [2.05, 4.69) is 0 Å². The summed E-state index contributed by atoms with van der Waals surface area (Å²) in [6.45, 7) is 5.85. The van der Waals surface area contributed by atoms with Crippen molar-refractivity contribution in [2.75, 3.05) is 32.0 Å². The van der Waals surface area contributed by atoms with Gasteiger partial charge in [-0.05, 0) is 6.07 Å². The maximum Gasteiger partial charge on any atom is 0.417 e. The summed E-state index contributed by atoms with van der Waals surface area (Å²) in [5.74, 6) is -0.657. The van der Waals surface area contributed by atoms with Crippen molar-refractivity contribution >= 4 is 46.6 Å². The molecule has 6 nitrogen and oxygen atoms in total. The fourth-order valence-corrected chi connectivity index (χ4v) is 3.26. The van der Waals surface area contributed by atoms with E-state index in [0.29, 0.717) is 13.2 Å². The molecule has 152 valence electrons. The molecule has 2 rings (SSSR count). The zero-order chi connectivity index (χ0) is 20.4. The number of cyclic esters (lactones) is 1. The van der Waals surface area contributed by atoms with Gasteiger partial charge in [0.2, 0.25) is 5.06 Å². The molecule has 1 saturated heterocycles. The van der Waals surface area contributed by atoms with Crippen LogP contribution in [-0.4, -0.2) is 43.8 Å². The fourth-order valence-electron chi connectivity index (χ4n) is 2.33. The summed E-state index contributed by atoms with van der Waals surface area (Å²) in [6, 6.07) is 2.27. The SMILES string of the molecule is COCCOCOc1cc(N2C(=O)OC(Cl)(C(C)(C)C)C2Cl)c(F)cc1Cl. The van der Waals surface area contributed by atoms with Crippen LogP contribution in [0.1, 0.15) is 20.8 Å². The highest BCUT2D eigenvalue weighted by Crippen LogP contribution is 2.50. The van der Waals surface area contributed by atoms with Crippen molar-refractivity contribution in [1.82, 2.24) is 0 Å². The van der Waals surface area contributed by atoms with E-state index in [1.165, 1.54) is 6.07 Å². The Morgan fingerprint density at radius 1 is 1.33 bits per heavy atom. The second-order valence-corrected chi connectivity index (χ2v) is 8.25. The van der Waals surface area contributed by atoms with Crippen molar-refractivity contribution < 1.29 is 28.1 Å². The molecule has 1 aromatic carbocycles. The highest BCUT2D eigenvalue weighted by molar-refractivity contribution is 6.36. The lowest BCUT2D eigenvalue weighted by atomic mass is 9.88. The van der Waals surface area contributed by atoms with Crippen LogP contribution in [0.5, 0.6) is 5.75 Å². The predicted molar refractivity (Wildman–Crippen MR) is 101 cm³/mol. The van der Waals surface area contributed by atoms with Crippen molar-refractivity contribution in [3.8, 4) is 5.75 Å². The fraction of sp³-hybridized carbons (Fsp3) is 0.588. The Bertz CT molecular complexity index is 700. The third-order valence-corrected chi connectivity index (χ3v) is 5.74. The zero-order valence-electron chi connectivity index (χ0n) is 15.4. The smallest absolute Gasteiger partial charge is 0.417 e. The van der Waals surface area contributed by atoms with E-state index in [9.17, 15) is 9.18 Å². The number of carbonyl (C=O) groups excluding carboxylic acids is 1. The second-order valence-electron chi connectivity index (χ2n) is 6.87. The number of carbonyl (C=O) groups is 1. The highest BCUT2D eigenvalue weighted by atomic mass is 35.5. The van der Waals surface area contributed by atoms with Gasteiger partial charge >= 0.3 is 6.09 Å². The minimum atomic E-state index is -1.55. The first-order chi connectivity index (χ1) is 12.5. The van der Waals surface area contributed by atoms with E-state index >= 15 is 0 Å². The first-order valence-corrected chi connectivity index (χ1v) is 9.26. The van der Waals surface area contributed by atoms with Gasteiger partial charge in [-0.2, -0.15) is 0 Å². The number of halogens is 4. The first kappa shape index (κ1) is 22.3. The molecule has 2 atom stereocenters. The van der Waals surface area contributed by atoms with Crippen LogP contribution in [0, 0.1) is 11.2 Å². The summed E-state index contributed by atoms with van der Waals surface area (Å²) in [4.78, 5) is 13.3. The minimum absolute atomic E-state index is 0.0123. The van der Waals surface area contributed by atoms with Gasteiger partial charge in [-0.15, -0.1) is 0 Å². The van der Waals surface area contributed by atoms with Crippen LogP contribution in [0.15, 0.2) is 12.1 Å². The Hall–Kier alpha value is -0.990. The van der Waals surface area contributed by atoms with E-state index in [1.54, 1.807) is 27.9 Å². The summed E-state index contributed by atoms with van der Waals surface area (Å²) in [5.41, 5.74) is -2.03. The first-order valence-electron chi connectivity index (χ1n) is 8.06. The molecule has 1 heterocycles. The lowest BCUT2D eigenvalue weighted by molar-refractivity contribution is -0.00843. The van der Waals surface area contributed by atoms with Gasteiger partial charge in [0, 0.05) is 18.6 Å². The third-order valence-electron chi connectivity index (χ3n) is 3.98. The number of nitrogens with zero attached hydrogens (tertiary/aromatic N) is 1. The van der Waals surface area contributed by atoms with Gasteiger partial charge in [0.15, 0.2) is 12.3 Å². The molecule has 0 aromatic heterocycles. The molecule has 0 spiro atoms. The minimum Gasteiger partial charge on any atom is -0.466 e. The second kappa shape index (κ2) is 8.57. The summed E-state index contributed by atoms with van der Waals surface area (Å²) in [6.07, 6.45) is -0.872. The Balaban J connectivity index is 2.27. The summed E-state index contributed by atoms with van der Waals surface area (Å²) >= 11 is 18.9. The number of benzene rings is 1. The normalized spacial score (nSPS) is 22.9. The molecule has 10 heteroatoms. The molecule has 0 aliphatic carbocycles. The predicted octanol–water partition coefficient (Wildman–Crippen LogP) is 4.98. The van der Waals surface area contributed by atoms with Gasteiger partial charge in [-0.3, -0.25) is 4.90 Å². The molecule has 1 fully saturated rings. The maximum absolute atomic E-state index is 14.5. The van der Waals surface area contributed by atoms with Gasteiger partial charge in [-0.25, -0.2) is 9.18 Å². The quantitative estimate of drug-likeness (QED) is 0.257. The Labute approximate surface area is 172 Å². The Morgan fingerprint density at radius 3 is 2.56 bits per heavy atom. The number of rotatable bonds is 7. The van der Waals surface area contributed by atoms with Gasteiger partial charge < -0.3 is 18.9 Å². The van der Waals surface area contributed by atoms with E-state index < -0.39 is 27.9 Å². The van der Waals surface area contributed by atoms with Crippen LogP contribution >= 0.6 is 34.8 Å². The van der Waals surface area contributed by atoms with Crippen molar-refractivity contribution in [2.45, 2.75) is 31.3 Å². The average Bonchev–Trinajstić information content (AvgIpc) is 2.79. The maximum atomic E-state index is 14.5. The topological polar surface area (TPSA) is 57.2 Å². The molecule has 1 aliphatic heterocycles. The molecule has 27 heavy (non-hydrogen) atoms. The molecule has 0 radical (unpaired) electrons. The lowest BCUT2D eigenvalue weighted by Crippen LogP contribution is -2.47. The van der Waals surface area contributed by atoms with E-state index in [-0.39, 0.29) is 23.3 Å². The largest absolute Gasteiger partial charge is 0.466 e. The van der Waals surface area contributed by atoms with Crippen LogP contribution < -0.4 is 9.64 Å². The van der Waals surface area contributed by atoms with Gasteiger partial charge in [0.05, 0.1) is 23.9 Å². The molecule has 1 amide bonds. The molecule has 0 bridgehead atoms. The number of hydrogen-bond acceptors (Lipinski definition) is 5. The molecule has 1 aliphatic rings. The van der Waals surface area contributed by atoms with Crippen LogP contribution in [0.25, 0.3) is 0 Å². The van der Waals surface area contributed by atoms with Crippen molar-refractivity contribution in [3.63, 3.8) is 0 Å². The van der Waals surface area contributed by atoms with Crippen molar-refractivity contribution in [2.24, 2.45) is 5.41 Å². The van der Waals surface area contributed by atoms with Gasteiger partial charge in [0.25, 0.3) is 0 Å². The lowest BCUT2D eigenvalue weighted by Gasteiger charge is -2.36. The number of amides is 1. The summed E-state index contributed by atoms with van der Waals surface area (Å²) < 4.78 is 35.3. The monoisotopic (exact) mass is 443 g/mol. The summed E-state index contributed by atoms with van der Waals surface area (Å²) in [7, 11) is 1.54. The number of anilines is 1. The van der Waals surface area contributed by atoms with Crippen molar-refractivity contribution in [1.29, 1.82) is 0 Å². The molecular formula is C17H21Cl3FNO5. The standard InChI is InChI=1S/C17H21Cl3FNO5/c1-16(2,3)17(20)14(19)22(15(23)27-17)12-8-13(10(18)7-11(12)21)26-9-25-6-5-24-4/h7-8,14H,5-6,9H2,1-4H3. The van der Waals surface area contributed by atoms with Gasteiger partial charge in [-0.1, -0.05) is 55.6 Å². The average molecular weight is 445 g/mol. The Kier molecular flexibility index (Phi) is 7.08. The molecule has 0 N–H and O–H groups in total. The number of alkyl halides is 2. The number of ether oxygens (including phenoxy) is 4. The summed E-state index contributed by atoms with van der Waals surface area (Å²) in [5, 5.41) is -1.54. The number of methoxy groups -OCH3 is 1. The zero-order valence-corrected chi connectivity index (χ0v) is 17.6. The van der Waals surface area contributed by atoms with Crippen LogP contribution in [0.4, 0.5) is 14.9 Å². The highest BCUT2D eigenvalue weighted by Gasteiger charge is 2.60. The third kappa shape index (κ3) is 4.54. The molecule has 0 saturated carbocycles. The van der Waals surface area contributed by atoms with Crippen LogP contribution in [0.2, 0.25) is 5.02 Å². The molecule has 2 unspecified atom stereocenters. The van der Waals surface area contributed by atoms with Crippen LogP contribution in [-0.2, 0) is 14.2 Å². The Morgan fingerprint density at radius 2 is 2.00 bits per heavy atom. The number of hydrogen-bond donors (Lipinski definition) is 0. The van der Waals surface area contributed by atoms with E-state index in [4.69, 9.17) is 53.8 Å². The molecule has 1 aromatic rings. The van der Waals surface area contributed by atoms with E-state index in [0.717, 1.165) is 11.0 Å². The van der Waals surface area contributed by atoms with Crippen molar-refractivity contribution in [3.05, 3.63) is 23.0 Å².